The smallest absolute Gasteiger partial charge is 0.317 e. The molecule has 0 unspecified atom stereocenters. The van der Waals surface area contributed by atoms with E-state index < -0.39 is 0 Å². The fourth-order valence-corrected chi connectivity index (χ4v) is 2.06. The first kappa shape index (κ1) is 12.6. The van der Waals surface area contributed by atoms with Crippen molar-refractivity contribution in [3.8, 4) is 0 Å². The highest BCUT2D eigenvalue weighted by molar-refractivity contribution is 5.82. The van der Waals surface area contributed by atoms with Crippen LogP contribution in [0.5, 0.6) is 0 Å². The number of piperidine rings is 1. The monoisotopic (exact) mass is 246 g/mol. The van der Waals surface area contributed by atoms with E-state index in [1.165, 1.54) is 0 Å². The normalized spacial score (nSPS) is 17.4. The van der Waals surface area contributed by atoms with Crippen LogP contribution in [0.2, 0.25) is 0 Å². The Balaban J connectivity index is 1.89. The molecule has 1 fully saturated rings. The maximum Gasteiger partial charge on any atom is 0.317 e. The van der Waals surface area contributed by atoms with Gasteiger partial charge in [0.2, 0.25) is 0 Å². The largest absolute Gasteiger partial charge is 0.331 e. The molecular formula is C14H18N2O2. The minimum Gasteiger partial charge on any atom is -0.331 e. The van der Waals surface area contributed by atoms with Crippen LogP contribution in [-0.4, -0.2) is 29.8 Å². The number of amides is 2. The molecule has 1 aliphatic heterocycles. The number of urea groups is 1. The third-order valence-corrected chi connectivity index (χ3v) is 3.25. The molecule has 0 bridgehead atoms. The predicted molar refractivity (Wildman–Crippen MR) is 69.2 cm³/mol. The molecule has 0 saturated carbocycles. The van der Waals surface area contributed by atoms with Crippen LogP contribution in [0.3, 0.4) is 0 Å². The second kappa shape index (κ2) is 5.67. The van der Waals surface area contributed by atoms with Gasteiger partial charge in [0.1, 0.15) is 5.78 Å². The average Bonchev–Trinajstić information content (AvgIpc) is 2.40. The maximum atomic E-state index is 12.0. The summed E-state index contributed by atoms with van der Waals surface area (Å²) in [5, 5.41) is 2.96. The molecule has 0 aromatic heterocycles. The summed E-state index contributed by atoms with van der Waals surface area (Å²) in [5.41, 5.74) is 1.08. The summed E-state index contributed by atoms with van der Waals surface area (Å²) in [4.78, 5) is 24.8. The van der Waals surface area contributed by atoms with Gasteiger partial charge in [-0.15, -0.1) is 0 Å². The number of hydrogen-bond donors (Lipinski definition) is 1. The van der Waals surface area contributed by atoms with Gasteiger partial charge in [0.05, 0.1) is 6.04 Å². The van der Waals surface area contributed by atoms with Crippen LogP contribution in [-0.2, 0) is 4.79 Å². The molecule has 0 aliphatic carbocycles. The SMILES string of the molecule is C[C@H](NC(=O)N1CCC(=O)CC1)c1ccccc1. The summed E-state index contributed by atoms with van der Waals surface area (Å²) in [6.45, 7) is 3.03. The molecule has 96 valence electrons. The van der Waals surface area contributed by atoms with E-state index in [4.69, 9.17) is 0 Å². The quantitative estimate of drug-likeness (QED) is 0.869. The standard InChI is InChI=1S/C14H18N2O2/c1-11(12-5-3-2-4-6-12)15-14(18)16-9-7-13(17)8-10-16/h2-6,11H,7-10H2,1H3,(H,15,18)/t11-/m0/s1. The summed E-state index contributed by atoms with van der Waals surface area (Å²) >= 11 is 0. The first-order valence-electron chi connectivity index (χ1n) is 6.29. The second-order valence-corrected chi connectivity index (χ2v) is 4.61. The summed E-state index contributed by atoms with van der Waals surface area (Å²) in [6, 6.07) is 9.74. The van der Waals surface area contributed by atoms with Crippen molar-refractivity contribution >= 4 is 11.8 Å². The average molecular weight is 246 g/mol. The third-order valence-electron chi connectivity index (χ3n) is 3.25. The first-order valence-corrected chi connectivity index (χ1v) is 6.29. The molecule has 4 heteroatoms. The highest BCUT2D eigenvalue weighted by Crippen LogP contribution is 2.13. The van der Waals surface area contributed by atoms with Crippen molar-refractivity contribution in [3.05, 3.63) is 35.9 Å². The lowest BCUT2D eigenvalue weighted by Crippen LogP contribution is -2.45. The number of carbonyl (C=O) groups is 2. The van der Waals surface area contributed by atoms with Crippen LogP contribution in [0.25, 0.3) is 0 Å². The summed E-state index contributed by atoms with van der Waals surface area (Å²) in [6.07, 6.45) is 0.959. The van der Waals surface area contributed by atoms with E-state index >= 15 is 0 Å². The Hall–Kier alpha value is -1.84. The highest BCUT2D eigenvalue weighted by Gasteiger charge is 2.21. The van der Waals surface area contributed by atoms with E-state index in [2.05, 4.69) is 5.32 Å². The highest BCUT2D eigenvalue weighted by atomic mass is 16.2. The number of ketones is 1. The Labute approximate surface area is 107 Å². The van der Waals surface area contributed by atoms with Crippen LogP contribution in [0.4, 0.5) is 4.79 Å². The van der Waals surface area contributed by atoms with Gasteiger partial charge < -0.3 is 10.2 Å². The van der Waals surface area contributed by atoms with Gasteiger partial charge in [-0.3, -0.25) is 4.79 Å². The van der Waals surface area contributed by atoms with E-state index in [0.29, 0.717) is 25.9 Å². The molecule has 1 N–H and O–H groups in total. The number of likely N-dealkylation sites (tertiary alicyclic amines) is 1. The third kappa shape index (κ3) is 3.09. The molecule has 2 rings (SSSR count). The van der Waals surface area contributed by atoms with Gasteiger partial charge in [0.25, 0.3) is 0 Å². The summed E-state index contributed by atoms with van der Waals surface area (Å²) < 4.78 is 0. The number of rotatable bonds is 2. The Morgan fingerprint density at radius 1 is 1.22 bits per heavy atom. The molecule has 0 spiro atoms. The van der Waals surface area contributed by atoms with E-state index in [1.807, 2.05) is 37.3 Å². The number of nitrogens with one attached hydrogen (secondary N) is 1. The van der Waals surface area contributed by atoms with Crippen molar-refractivity contribution < 1.29 is 9.59 Å². The first-order chi connectivity index (χ1) is 8.66. The van der Waals surface area contributed by atoms with Crippen LogP contribution in [0, 0.1) is 0 Å². The summed E-state index contributed by atoms with van der Waals surface area (Å²) in [5.74, 6) is 0.246. The maximum absolute atomic E-state index is 12.0. The number of benzene rings is 1. The van der Waals surface area contributed by atoms with Gasteiger partial charge in [-0.2, -0.15) is 0 Å². The van der Waals surface area contributed by atoms with Gasteiger partial charge >= 0.3 is 6.03 Å². The zero-order valence-electron chi connectivity index (χ0n) is 10.6. The minimum absolute atomic E-state index is 0.0173. The molecular weight excluding hydrogens is 228 g/mol. The van der Waals surface area contributed by atoms with Gasteiger partial charge in [0, 0.05) is 25.9 Å². The van der Waals surface area contributed by atoms with Crippen molar-refractivity contribution in [1.29, 1.82) is 0 Å². The molecule has 1 aromatic carbocycles. The Morgan fingerprint density at radius 2 is 1.83 bits per heavy atom. The van der Waals surface area contributed by atoms with E-state index in [-0.39, 0.29) is 17.9 Å². The molecule has 1 aliphatic rings. The zero-order chi connectivity index (χ0) is 13.0. The molecule has 1 heterocycles. The minimum atomic E-state index is -0.0844. The van der Waals surface area contributed by atoms with E-state index in [1.54, 1.807) is 4.90 Å². The fraction of sp³-hybridized carbons (Fsp3) is 0.429. The van der Waals surface area contributed by atoms with Crippen molar-refractivity contribution in [2.45, 2.75) is 25.8 Å². The lowest BCUT2D eigenvalue weighted by Gasteiger charge is -2.28. The predicted octanol–water partition coefficient (Wildman–Crippen LogP) is 2.12. The van der Waals surface area contributed by atoms with Crippen molar-refractivity contribution in [2.24, 2.45) is 0 Å². The number of nitrogens with zero attached hydrogens (tertiary/aromatic N) is 1. The molecule has 18 heavy (non-hydrogen) atoms. The zero-order valence-corrected chi connectivity index (χ0v) is 10.6. The Bertz CT molecular complexity index is 421. The van der Waals surface area contributed by atoms with Crippen LogP contribution >= 0.6 is 0 Å². The second-order valence-electron chi connectivity index (χ2n) is 4.61. The van der Waals surface area contributed by atoms with Gasteiger partial charge in [-0.05, 0) is 12.5 Å². The Morgan fingerprint density at radius 3 is 2.44 bits per heavy atom. The number of carbonyl (C=O) groups excluding carboxylic acids is 2. The van der Waals surface area contributed by atoms with E-state index in [0.717, 1.165) is 5.56 Å². The number of hydrogen-bond acceptors (Lipinski definition) is 2. The number of Topliss-reactive ketones (excluding diaryl/α,β-unsaturated/α-hetero) is 1. The molecule has 0 radical (unpaired) electrons. The molecule has 1 atom stereocenters. The fourth-order valence-electron chi connectivity index (χ4n) is 2.06. The topological polar surface area (TPSA) is 49.4 Å². The summed E-state index contributed by atoms with van der Waals surface area (Å²) in [7, 11) is 0. The molecule has 2 amide bonds. The molecule has 1 aromatic rings. The van der Waals surface area contributed by atoms with Crippen LogP contribution in [0.1, 0.15) is 31.4 Å². The van der Waals surface area contributed by atoms with Crippen LogP contribution in [0.15, 0.2) is 30.3 Å². The van der Waals surface area contributed by atoms with Crippen molar-refractivity contribution in [1.82, 2.24) is 10.2 Å². The van der Waals surface area contributed by atoms with Crippen molar-refractivity contribution in [3.63, 3.8) is 0 Å². The molecule has 4 nitrogen and oxygen atoms in total. The van der Waals surface area contributed by atoms with Crippen LogP contribution < -0.4 is 5.32 Å². The lowest BCUT2D eigenvalue weighted by molar-refractivity contribution is -0.120. The molecule has 1 saturated heterocycles. The lowest BCUT2D eigenvalue weighted by atomic mass is 10.1. The van der Waals surface area contributed by atoms with Gasteiger partial charge in [0.15, 0.2) is 0 Å². The van der Waals surface area contributed by atoms with Gasteiger partial charge in [-0.1, -0.05) is 30.3 Å². The van der Waals surface area contributed by atoms with Crippen molar-refractivity contribution in [2.75, 3.05) is 13.1 Å². The van der Waals surface area contributed by atoms with E-state index in [9.17, 15) is 9.59 Å². The van der Waals surface area contributed by atoms with Gasteiger partial charge in [-0.25, -0.2) is 4.79 Å². The Kier molecular flexibility index (Phi) is 3.97.